The second kappa shape index (κ2) is 7.07. The van der Waals surface area contributed by atoms with E-state index in [1.807, 2.05) is 0 Å². The van der Waals surface area contributed by atoms with Crippen LogP contribution in [-0.4, -0.2) is 41.2 Å². The smallest absolute Gasteiger partial charge is 0.346 e. The SMILES string of the molecule is Br.COC(=O)CC(N)(CC(=O)OC)P(=O)(O)O. The van der Waals surface area contributed by atoms with Gasteiger partial charge in [-0.3, -0.25) is 14.2 Å². The van der Waals surface area contributed by atoms with Crippen molar-refractivity contribution < 1.29 is 33.4 Å². The van der Waals surface area contributed by atoms with Gasteiger partial charge in [0, 0.05) is 0 Å². The molecule has 0 amide bonds. The Morgan fingerprint density at radius 3 is 1.65 bits per heavy atom. The summed E-state index contributed by atoms with van der Waals surface area (Å²) in [6, 6.07) is 0. The number of ether oxygens (including phenoxy) is 2. The fraction of sp³-hybridized carbons (Fsp3) is 0.714. The Bertz CT molecular complexity index is 310. The van der Waals surface area contributed by atoms with E-state index in [0.29, 0.717) is 0 Å². The third-order valence-electron chi connectivity index (χ3n) is 1.94. The first-order valence-corrected chi connectivity index (χ1v) is 5.75. The molecule has 4 N–H and O–H groups in total. The quantitative estimate of drug-likeness (QED) is 0.452. The highest BCUT2D eigenvalue weighted by Crippen LogP contribution is 2.51. The molecule has 8 nitrogen and oxygen atoms in total. The summed E-state index contributed by atoms with van der Waals surface area (Å²) >= 11 is 0. The van der Waals surface area contributed by atoms with Crippen LogP contribution in [0.3, 0.4) is 0 Å². The predicted molar refractivity (Wildman–Crippen MR) is 62.6 cm³/mol. The summed E-state index contributed by atoms with van der Waals surface area (Å²) in [7, 11) is -2.76. The topological polar surface area (TPSA) is 136 Å². The van der Waals surface area contributed by atoms with Gasteiger partial charge in [-0.15, -0.1) is 17.0 Å². The van der Waals surface area contributed by atoms with Gasteiger partial charge < -0.3 is 25.0 Å². The van der Waals surface area contributed by atoms with Crippen LogP contribution in [0.5, 0.6) is 0 Å². The Morgan fingerprint density at radius 1 is 1.18 bits per heavy atom. The lowest BCUT2D eigenvalue weighted by atomic mass is 10.1. The number of esters is 2. The second-order valence-electron chi connectivity index (χ2n) is 3.15. The van der Waals surface area contributed by atoms with Crippen molar-refractivity contribution in [3.8, 4) is 0 Å². The molecule has 0 aromatic rings. The normalized spacial score (nSPS) is 11.4. The molecule has 0 aliphatic heterocycles. The van der Waals surface area contributed by atoms with E-state index in [0.717, 1.165) is 14.2 Å². The van der Waals surface area contributed by atoms with Crippen molar-refractivity contribution >= 4 is 36.5 Å². The highest BCUT2D eigenvalue weighted by atomic mass is 79.9. The molecule has 0 atom stereocenters. The average Bonchev–Trinajstić information content (AvgIpc) is 2.15. The first kappa shape index (κ1) is 18.9. The molecular formula is C7H15BrNO7P. The number of rotatable bonds is 5. The van der Waals surface area contributed by atoms with Gasteiger partial charge in [-0.1, -0.05) is 0 Å². The number of hydrogen-bond donors (Lipinski definition) is 3. The number of carbonyl (C=O) groups is 2. The zero-order valence-electron chi connectivity index (χ0n) is 9.28. The maximum Gasteiger partial charge on any atom is 0.346 e. The summed E-state index contributed by atoms with van der Waals surface area (Å²) in [6.07, 6.45) is -1.55. The van der Waals surface area contributed by atoms with Gasteiger partial charge in [0.25, 0.3) is 0 Å². The lowest BCUT2D eigenvalue weighted by molar-refractivity contribution is -0.144. The van der Waals surface area contributed by atoms with Crippen molar-refractivity contribution in [2.75, 3.05) is 14.2 Å². The van der Waals surface area contributed by atoms with Gasteiger partial charge in [-0.25, -0.2) is 0 Å². The van der Waals surface area contributed by atoms with Gasteiger partial charge in [-0.05, 0) is 0 Å². The van der Waals surface area contributed by atoms with E-state index in [9.17, 15) is 14.2 Å². The minimum atomic E-state index is -4.85. The number of hydrogen-bond acceptors (Lipinski definition) is 6. The molecule has 10 heteroatoms. The van der Waals surface area contributed by atoms with Crippen molar-refractivity contribution in [2.24, 2.45) is 5.73 Å². The van der Waals surface area contributed by atoms with Crippen molar-refractivity contribution in [3.05, 3.63) is 0 Å². The molecule has 0 saturated carbocycles. The summed E-state index contributed by atoms with van der Waals surface area (Å²) in [6.45, 7) is 0. The van der Waals surface area contributed by atoms with Crippen LogP contribution < -0.4 is 5.73 Å². The third kappa shape index (κ3) is 5.60. The molecule has 102 valence electrons. The highest BCUT2D eigenvalue weighted by molar-refractivity contribution is 8.93. The Balaban J connectivity index is 0. The Kier molecular flexibility index (Phi) is 7.86. The van der Waals surface area contributed by atoms with Crippen LogP contribution in [0.2, 0.25) is 0 Å². The van der Waals surface area contributed by atoms with Crippen LogP contribution in [0, 0.1) is 0 Å². The molecule has 0 fully saturated rings. The predicted octanol–water partition coefficient (Wildman–Crippen LogP) is -0.477. The molecule has 0 heterocycles. The summed E-state index contributed by atoms with van der Waals surface area (Å²) in [5.74, 6) is -1.84. The molecular weight excluding hydrogens is 321 g/mol. The summed E-state index contributed by atoms with van der Waals surface area (Å²) < 4.78 is 19.6. The van der Waals surface area contributed by atoms with Crippen molar-refractivity contribution in [2.45, 2.75) is 18.1 Å². The molecule has 0 aliphatic carbocycles. The van der Waals surface area contributed by atoms with Crippen LogP contribution in [0.15, 0.2) is 0 Å². The van der Waals surface area contributed by atoms with Crippen LogP contribution in [-0.2, 0) is 23.6 Å². The van der Waals surface area contributed by atoms with E-state index in [2.05, 4.69) is 9.47 Å². The first-order valence-electron chi connectivity index (χ1n) is 4.14. The lowest BCUT2D eigenvalue weighted by Gasteiger charge is -2.27. The minimum Gasteiger partial charge on any atom is -0.469 e. The molecule has 0 aromatic heterocycles. The fourth-order valence-corrected chi connectivity index (χ4v) is 1.58. The monoisotopic (exact) mass is 335 g/mol. The highest BCUT2D eigenvalue weighted by Gasteiger charge is 2.47. The van der Waals surface area contributed by atoms with E-state index in [1.165, 1.54) is 0 Å². The van der Waals surface area contributed by atoms with E-state index >= 15 is 0 Å². The Hall–Kier alpha value is -0.470. The molecule has 0 rings (SSSR count). The first-order chi connectivity index (χ1) is 7.16. The Morgan fingerprint density at radius 2 is 1.47 bits per heavy atom. The van der Waals surface area contributed by atoms with Gasteiger partial charge in [0.05, 0.1) is 27.1 Å². The number of nitrogens with two attached hydrogens (primary N) is 1. The Labute approximate surface area is 108 Å². The molecule has 0 bridgehead atoms. The molecule has 0 spiro atoms. The molecule has 0 radical (unpaired) electrons. The maximum atomic E-state index is 11.1. The molecule has 0 aliphatic rings. The summed E-state index contributed by atoms with van der Waals surface area (Å²) in [5, 5.41) is -2.30. The summed E-state index contributed by atoms with van der Waals surface area (Å²) in [5.41, 5.74) is 5.36. The van der Waals surface area contributed by atoms with Crippen LogP contribution in [0.25, 0.3) is 0 Å². The van der Waals surface area contributed by atoms with Gasteiger partial charge in [0.2, 0.25) is 0 Å². The molecule has 17 heavy (non-hydrogen) atoms. The zero-order valence-corrected chi connectivity index (χ0v) is 11.9. The molecule has 0 unspecified atom stereocenters. The average molecular weight is 336 g/mol. The van der Waals surface area contributed by atoms with Gasteiger partial charge in [0.15, 0.2) is 0 Å². The van der Waals surface area contributed by atoms with E-state index in [1.54, 1.807) is 0 Å². The second-order valence-corrected chi connectivity index (χ2v) is 5.13. The maximum absolute atomic E-state index is 11.1. The fourth-order valence-electron chi connectivity index (χ4n) is 0.913. The largest absolute Gasteiger partial charge is 0.469 e. The number of methoxy groups -OCH3 is 2. The number of halogens is 1. The van der Waals surface area contributed by atoms with E-state index < -0.39 is 37.7 Å². The van der Waals surface area contributed by atoms with Crippen LogP contribution in [0.1, 0.15) is 12.8 Å². The van der Waals surface area contributed by atoms with Gasteiger partial charge in [0.1, 0.15) is 5.28 Å². The summed E-state index contributed by atoms with van der Waals surface area (Å²) in [4.78, 5) is 39.9. The number of carbonyl (C=O) groups excluding carboxylic acids is 2. The van der Waals surface area contributed by atoms with E-state index in [-0.39, 0.29) is 17.0 Å². The lowest BCUT2D eigenvalue weighted by Crippen LogP contribution is -2.44. The van der Waals surface area contributed by atoms with Gasteiger partial charge in [-0.2, -0.15) is 0 Å². The van der Waals surface area contributed by atoms with Crippen molar-refractivity contribution in [3.63, 3.8) is 0 Å². The third-order valence-corrected chi connectivity index (χ3v) is 3.41. The zero-order chi connectivity index (χ0) is 13.0. The van der Waals surface area contributed by atoms with Gasteiger partial charge >= 0.3 is 19.5 Å². The van der Waals surface area contributed by atoms with Crippen LogP contribution >= 0.6 is 24.6 Å². The van der Waals surface area contributed by atoms with Crippen molar-refractivity contribution in [1.29, 1.82) is 0 Å². The van der Waals surface area contributed by atoms with E-state index in [4.69, 9.17) is 15.5 Å². The van der Waals surface area contributed by atoms with Crippen LogP contribution in [0.4, 0.5) is 0 Å². The van der Waals surface area contributed by atoms with Crippen molar-refractivity contribution in [1.82, 2.24) is 0 Å². The molecule has 0 saturated heterocycles. The standard InChI is InChI=1S/C7H14NO7P.BrH/c1-14-5(9)3-7(8,16(11,12)13)4-6(10)15-2;/h3-4,8H2,1-2H3,(H2,11,12,13);1H. The minimum absolute atomic E-state index is 0. The molecule has 0 aromatic carbocycles.